The van der Waals surface area contributed by atoms with Crippen molar-refractivity contribution in [2.45, 2.75) is 25.9 Å². The van der Waals surface area contributed by atoms with Crippen LogP contribution in [0.3, 0.4) is 0 Å². The van der Waals surface area contributed by atoms with Crippen LogP contribution in [0.15, 0.2) is 59.1 Å². The number of halogens is 1. The molecule has 0 bridgehead atoms. The molecule has 0 fully saturated rings. The van der Waals surface area contributed by atoms with Gasteiger partial charge in [-0.25, -0.2) is 4.39 Å². The Morgan fingerprint density at radius 3 is 2.55 bits per heavy atom. The number of carbonyl (C=O) groups is 2. The Balaban J connectivity index is 1.41. The first-order chi connectivity index (χ1) is 14.0. The van der Waals surface area contributed by atoms with Gasteiger partial charge in [-0.05, 0) is 31.2 Å². The van der Waals surface area contributed by atoms with Crippen molar-refractivity contribution in [3.05, 3.63) is 66.3 Å². The number of benzene rings is 2. The molecule has 1 aromatic heterocycles. The van der Waals surface area contributed by atoms with Crippen LogP contribution in [0.2, 0.25) is 0 Å². The molecule has 2 N–H and O–H groups in total. The van der Waals surface area contributed by atoms with Crippen molar-refractivity contribution in [3.63, 3.8) is 0 Å². The number of carbonyl (C=O) groups excluding carboxylic acids is 2. The number of aromatic nitrogens is 2. The van der Waals surface area contributed by atoms with Crippen LogP contribution in [-0.2, 0) is 16.0 Å². The molecule has 0 unspecified atom stereocenters. The van der Waals surface area contributed by atoms with Crippen molar-refractivity contribution in [2.75, 3.05) is 0 Å². The van der Waals surface area contributed by atoms with Gasteiger partial charge in [0.05, 0.1) is 0 Å². The zero-order chi connectivity index (χ0) is 20.6. The number of nitrogens with zero attached hydrogens (tertiary/aromatic N) is 2. The Morgan fingerprint density at radius 2 is 1.83 bits per heavy atom. The van der Waals surface area contributed by atoms with Gasteiger partial charge in [0.1, 0.15) is 11.6 Å². The van der Waals surface area contributed by atoms with E-state index in [0.29, 0.717) is 17.5 Å². The number of hydrogen-bond donors (Lipinski definition) is 2. The molecule has 0 aliphatic rings. The van der Waals surface area contributed by atoms with Crippen molar-refractivity contribution in [1.82, 2.24) is 21.0 Å². The highest BCUT2D eigenvalue weighted by atomic mass is 19.1. The molecule has 0 aliphatic heterocycles. The van der Waals surface area contributed by atoms with E-state index >= 15 is 0 Å². The van der Waals surface area contributed by atoms with Gasteiger partial charge in [-0.15, -0.1) is 0 Å². The molecule has 29 heavy (non-hydrogen) atoms. The van der Waals surface area contributed by atoms with Gasteiger partial charge < -0.3 is 9.26 Å². The van der Waals surface area contributed by atoms with E-state index in [0.717, 1.165) is 5.56 Å². The van der Waals surface area contributed by atoms with E-state index in [1.54, 1.807) is 0 Å². The molecule has 3 rings (SSSR count). The van der Waals surface area contributed by atoms with Crippen LogP contribution in [0.1, 0.15) is 19.2 Å². The molecule has 2 amide bonds. The van der Waals surface area contributed by atoms with Crippen LogP contribution in [0.25, 0.3) is 11.4 Å². The molecule has 0 saturated carbocycles. The van der Waals surface area contributed by atoms with Gasteiger partial charge in [-0.1, -0.05) is 35.5 Å². The fraction of sp³-hybridized carbons (Fsp3) is 0.200. The number of hydrogen-bond acceptors (Lipinski definition) is 6. The SMILES string of the molecule is C[C@H](Oc1ccc(F)cc1)C(=O)NNC(=O)CCc1nc(-c2ccccc2)no1. The fourth-order valence-corrected chi connectivity index (χ4v) is 2.35. The highest BCUT2D eigenvalue weighted by molar-refractivity contribution is 5.84. The number of nitrogens with one attached hydrogen (secondary N) is 2. The van der Waals surface area contributed by atoms with Crippen molar-refractivity contribution >= 4 is 11.8 Å². The third-order valence-electron chi connectivity index (χ3n) is 3.89. The molecule has 0 radical (unpaired) electrons. The van der Waals surface area contributed by atoms with Crippen LogP contribution in [0.4, 0.5) is 4.39 Å². The van der Waals surface area contributed by atoms with Crippen LogP contribution in [0.5, 0.6) is 5.75 Å². The Bertz CT molecular complexity index is 960. The van der Waals surface area contributed by atoms with E-state index in [1.807, 2.05) is 30.3 Å². The Kier molecular flexibility index (Phi) is 6.51. The smallest absolute Gasteiger partial charge is 0.279 e. The summed E-state index contributed by atoms with van der Waals surface area (Å²) in [7, 11) is 0. The highest BCUT2D eigenvalue weighted by Gasteiger charge is 2.16. The maximum Gasteiger partial charge on any atom is 0.279 e. The Labute approximate surface area is 166 Å². The third kappa shape index (κ3) is 5.86. The van der Waals surface area contributed by atoms with Gasteiger partial charge >= 0.3 is 0 Å². The molecular formula is C20H19FN4O4. The first kappa shape index (κ1) is 20.0. The number of aryl methyl sites for hydroxylation is 1. The maximum absolute atomic E-state index is 12.9. The second-order valence-corrected chi connectivity index (χ2v) is 6.13. The second-order valence-electron chi connectivity index (χ2n) is 6.13. The van der Waals surface area contributed by atoms with Crippen LogP contribution < -0.4 is 15.6 Å². The molecule has 150 valence electrons. The van der Waals surface area contributed by atoms with E-state index in [4.69, 9.17) is 9.26 Å². The molecular weight excluding hydrogens is 379 g/mol. The van der Waals surface area contributed by atoms with E-state index in [2.05, 4.69) is 21.0 Å². The summed E-state index contributed by atoms with van der Waals surface area (Å²) < 4.78 is 23.4. The number of amides is 2. The number of rotatable bonds is 7. The minimum atomic E-state index is -0.884. The molecule has 1 atom stereocenters. The molecule has 0 saturated heterocycles. The summed E-state index contributed by atoms with van der Waals surface area (Å²) in [5.74, 6) is -0.275. The number of ether oxygens (including phenoxy) is 1. The van der Waals surface area contributed by atoms with Crippen LogP contribution >= 0.6 is 0 Å². The summed E-state index contributed by atoms with van der Waals surface area (Å²) in [4.78, 5) is 28.1. The minimum Gasteiger partial charge on any atom is -0.481 e. The summed E-state index contributed by atoms with van der Waals surface area (Å²) in [6.45, 7) is 1.51. The zero-order valence-electron chi connectivity index (χ0n) is 15.6. The summed E-state index contributed by atoms with van der Waals surface area (Å²) in [5, 5.41) is 3.88. The average Bonchev–Trinajstić information content (AvgIpc) is 3.22. The van der Waals surface area contributed by atoms with Crippen molar-refractivity contribution in [3.8, 4) is 17.1 Å². The van der Waals surface area contributed by atoms with Gasteiger partial charge in [0.15, 0.2) is 6.10 Å². The van der Waals surface area contributed by atoms with Crippen LogP contribution in [0, 0.1) is 5.82 Å². The first-order valence-corrected chi connectivity index (χ1v) is 8.90. The van der Waals surface area contributed by atoms with Crippen molar-refractivity contribution in [1.29, 1.82) is 0 Å². The molecule has 9 heteroatoms. The lowest BCUT2D eigenvalue weighted by Crippen LogP contribution is -2.47. The minimum absolute atomic E-state index is 0.0455. The van der Waals surface area contributed by atoms with E-state index < -0.39 is 23.7 Å². The standard InChI is InChI=1S/C20H19FN4O4/c1-13(28-16-9-7-15(21)8-10-16)20(27)24-23-17(26)11-12-18-22-19(25-29-18)14-5-3-2-4-6-14/h2-10,13H,11-12H2,1H3,(H,23,26)(H,24,27)/t13-/m0/s1. The summed E-state index contributed by atoms with van der Waals surface area (Å²) in [6, 6.07) is 14.6. The fourth-order valence-electron chi connectivity index (χ4n) is 2.35. The first-order valence-electron chi connectivity index (χ1n) is 8.90. The Hall–Kier alpha value is -3.75. The van der Waals surface area contributed by atoms with Gasteiger partial charge in [-0.2, -0.15) is 4.98 Å². The Morgan fingerprint density at radius 1 is 1.10 bits per heavy atom. The van der Waals surface area contributed by atoms with Crippen LogP contribution in [-0.4, -0.2) is 28.1 Å². The van der Waals surface area contributed by atoms with E-state index in [-0.39, 0.29) is 12.8 Å². The number of hydrazine groups is 1. The van der Waals surface area contributed by atoms with Gasteiger partial charge in [0.2, 0.25) is 17.6 Å². The van der Waals surface area contributed by atoms with Crippen molar-refractivity contribution < 1.29 is 23.2 Å². The third-order valence-corrected chi connectivity index (χ3v) is 3.89. The normalized spacial score (nSPS) is 11.5. The average molecular weight is 398 g/mol. The lowest BCUT2D eigenvalue weighted by molar-refractivity contribution is -0.132. The lowest BCUT2D eigenvalue weighted by Gasteiger charge is -2.15. The molecule has 2 aromatic carbocycles. The second kappa shape index (κ2) is 9.45. The summed E-state index contributed by atoms with van der Waals surface area (Å²) in [6.07, 6.45) is -0.613. The molecule has 1 heterocycles. The van der Waals surface area contributed by atoms with Gasteiger partial charge in [-0.3, -0.25) is 20.4 Å². The predicted molar refractivity (Wildman–Crippen MR) is 101 cm³/mol. The van der Waals surface area contributed by atoms with Gasteiger partial charge in [0.25, 0.3) is 5.91 Å². The predicted octanol–water partition coefficient (Wildman–Crippen LogP) is 2.42. The summed E-state index contributed by atoms with van der Waals surface area (Å²) >= 11 is 0. The quantitative estimate of drug-likeness (QED) is 0.592. The topological polar surface area (TPSA) is 106 Å². The monoisotopic (exact) mass is 398 g/mol. The van der Waals surface area contributed by atoms with Gasteiger partial charge in [0, 0.05) is 18.4 Å². The maximum atomic E-state index is 12.9. The largest absolute Gasteiger partial charge is 0.481 e. The van der Waals surface area contributed by atoms with Crippen molar-refractivity contribution in [2.24, 2.45) is 0 Å². The zero-order valence-corrected chi connectivity index (χ0v) is 15.6. The van der Waals surface area contributed by atoms with E-state index in [1.165, 1.54) is 31.2 Å². The molecule has 8 nitrogen and oxygen atoms in total. The molecule has 0 aliphatic carbocycles. The molecule has 3 aromatic rings. The molecule has 0 spiro atoms. The summed E-state index contributed by atoms with van der Waals surface area (Å²) in [5.41, 5.74) is 5.39. The highest BCUT2D eigenvalue weighted by Crippen LogP contribution is 2.15. The lowest BCUT2D eigenvalue weighted by atomic mass is 10.2. The van der Waals surface area contributed by atoms with E-state index in [9.17, 15) is 14.0 Å².